The Balaban J connectivity index is 6.25. The molecule has 0 bridgehead atoms. The first-order valence-electron chi connectivity index (χ1n) is 9.55. The summed E-state index contributed by atoms with van der Waals surface area (Å²) in [5, 5.41) is 5.17. The average molecular weight is 524 g/mol. The van der Waals surface area contributed by atoms with E-state index in [-0.39, 0.29) is 6.42 Å². The Kier molecular flexibility index (Phi) is 10.3. The number of rotatable bonds is 15. The lowest BCUT2D eigenvalue weighted by molar-refractivity contribution is -0.426. The molecule has 0 heterocycles. The predicted molar refractivity (Wildman–Crippen MR) is 94.6 cm³/mol. The van der Waals surface area contributed by atoms with Crippen LogP contribution in [0.25, 0.3) is 20.9 Å². The van der Waals surface area contributed by atoms with Crippen molar-refractivity contribution in [2.75, 3.05) is 0 Å². The van der Waals surface area contributed by atoms with E-state index >= 15 is 0 Å². The quantitative estimate of drug-likeness (QED) is 0.0675. The Morgan fingerprint density at radius 3 is 1.44 bits per heavy atom. The van der Waals surface area contributed by atoms with E-state index in [1.165, 1.54) is 0 Å². The van der Waals surface area contributed by atoms with E-state index in [4.69, 9.17) is 11.1 Å². The molecule has 34 heavy (non-hydrogen) atoms. The van der Waals surface area contributed by atoms with Crippen molar-refractivity contribution < 1.29 is 52.7 Å². The molecule has 2 atom stereocenters. The summed E-state index contributed by atoms with van der Waals surface area (Å²) in [6.45, 7) is 2.12. The lowest BCUT2D eigenvalue weighted by Gasteiger charge is -2.42. The Labute approximate surface area is 184 Å². The van der Waals surface area contributed by atoms with Crippen LogP contribution in [0.15, 0.2) is 10.2 Å². The summed E-state index contributed by atoms with van der Waals surface area (Å²) in [5.74, 6) is -42.4. The SMILES string of the molecule is CCCCCC(CC(F)(F)C(F)(F)C(F)(F)C(F)(F)C(F)(F)C(F)(F)CC(C)N=[N+]=[N-])N=[N+]=[N-]. The van der Waals surface area contributed by atoms with E-state index in [0.29, 0.717) is 19.8 Å². The molecule has 0 N–H and O–H groups in total. The lowest BCUT2D eigenvalue weighted by atomic mass is 9.87. The summed E-state index contributed by atoms with van der Waals surface area (Å²) in [6.07, 6.45) is -4.77. The van der Waals surface area contributed by atoms with E-state index in [0.717, 1.165) is 0 Å². The van der Waals surface area contributed by atoms with Gasteiger partial charge in [0.15, 0.2) is 0 Å². The molecule has 0 aromatic carbocycles. The monoisotopic (exact) mass is 524 g/mol. The minimum absolute atomic E-state index is 0.0257. The maximum absolute atomic E-state index is 14.1. The summed E-state index contributed by atoms with van der Waals surface area (Å²) in [4.78, 5) is 3.97. The van der Waals surface area contributed by atoms with Gasteiger partial charge in [-0.1, -0.05) is 43.3 Å². The number of azide groups is 2. The van der Waals surface area contributed by atoms with Crippen molar-refractivity contribution in [1.29, 1.82) is 0 Å². The first-order valence-corrected chi connectivity index (χ1v) is 9.55. The number of alkyl halides is 12. The second-order valence-electron chi connectivity index (χ2n) is 7.52. The third kappa shape index (κ3) is 6.06. The molecule has 0 fully saturated rings. The van der Waals surface area contributed by atoms with Gasteiger partial charge in [-0.15, -0.1) is 0 Å². The highest BCUT2D eigenvalue weighted by Crippen LogP contribution is 2.61. The third-order valence-electron chi connectivity index (χ3n) is 4.75. The van der Waals surface area contributed by atoms with Crippen molar-refractivity contribution in [2.24, 2.45) is 10.2 Å². The van der Waals surface area contributed by atoms with Gasteiger partial charge in [-0.25, -0.2) is 0 Å². The Hall–Kier alpha value is -2.22. The minimum Gasteiger partial charge on any atom is -0.200 e. The first-order chi connectivity index (χ1) is 15.2. The van der Waals surface area contributed by atoms with Crippen molar-refractivity contribution >= 4 is 0 Å². The first kappa shape index (κ1) is 31.8. The molecule has 0 aliphatic heterocycles. The van der Waals surface area contributed by atoms with Crippen LogP contribution in [-0.4, -0.2) is 47.6 Å². The van der Waals surface area contributed by atoms with E-state index in [2.05, 4.69) is 15.1 Å². The summed E-state index contributed by atoms with van der Waals surface area (Å²) in [7, 11) is 0. The second kappa shape index (κ2) is 11.0. The van der Waals surface area contributed by atoms with E-state index in [1.807, 2.05) is 4.91 Å². The van der Waals surface area contributed by atoms with Crippen molar-refractivity contribution in [3.8, 4) is 0 Å². The minimum atomic E-state index is -7.71. The van der Waals surface area contributed by atoms with Gasteiger partial charge < -0.3 is 0 Å². The molecule has 0 amide bonds. The highest BCUT2D eigenvalue weighted by atomic mass is 19.4. The molecule has 0 saturated carbocycles. The summed E-state index contributed by atoms with van der Waals surface area (Å²) < 4.78 is 167. The summed E-state index contributed by atoms with van der Waals surface area (Å²) in [6, 6.07) is -4.31. The van der Waals surface area contributed by atoms with Crippen LogP contribution < -0.4 is 0 Å². The van der Waals surface area contributed by atoms with Gasteiger partial charge in [-0.05, 0) is 17.5 Å². The standard InChI is InChI=1S/C16H20F12N6/c1-3-4-5-6-10(32-34-30)8-12(19,20)14(23,24)16(27,28)15(25,26)13(21,22)11(17,18)7-9(2)31-33-29/h9-10H,3-8H2,1-2H3. The van der Waals surface area contributed by atoms with E-state index in [9.17, 15) is 52.7 Å². The zero-order chi connectivity index (χ0) is 27.2. The topological polar surface area (TPSA) is 97.5 Å². The molecule has 0 radical (unpaired) electrons. The largest absolute Gasteiger partial charge is 0.384 e. The fraction of sp³-hybridized carbons (Fsp3) is 1.00. The average Bonchev–Trinajstić information content (AvgIpc) is 2.67. The van der Waals surface area contributed by atoms with Crippen LogP contribution in [0.2, 0.25) is 0 Å². The van der Waals surface area contributed by atoms with Crippen LogP contribution in [0.5, 0.6) is 0 Å². The van der Waals surface area contributed by atoms with Crippen LogP contribution >= 0.6 is 0 Å². The fourth-order valence-corrected chi connectivity index (χ4v) is 2.81. The number of hydrogen-bond acceptors (Lipinski definition) is 2. The van der Waals surface area contributed by atoms with E-state index < -0.39 is 66.9 Å². The van der Waals surface area contributed by atoms with Gasteiger partial charge in [0, 0.05) is 34.7 Å². The molecule has 2 unspecified atom stereocenters. The van der Waals surface area contributed by atoms with E-state index in [1.54, 1.807) is 6.92 Å². The van der Waals surface area contributed by atoms with Crippen molar-refractivity contribution in [3.63, 3.8) is 0 Å². The van der Waals surface area contributed by atoms with Crippen LogP contribution in [0.1, 0.15) is 52.4 Å². The number of halogens is 12. The molecule has 0 rings (SSSR count). The molecule has 0 aromatic rings. The molecule has 6 nitrogen and oxygen atoms in total. The highest BCUT2D eigenvalue weighted by molar-refractivity contribution is 5.12. The lowest BCUT2D eigenvalue weighted by Crippen LogP contribution is -2.71. The Morgan fingerprint density at radius 1 is 0.647 bits per heavy atom. The number of hydrogen-bond donors (Lipinski definition) is 0. The molecular formula is C16H20F12N6. The van der Waals surface area contributed by atoms with Gasteiger partial charge in [0.1, 0.15) is 0 Å². The third-order valence-corrected chi connectivity index (χ3v) is 4.75. The van der Waals surface area contributed by atoms with Crippen molar-refractivity contribution in [2.45, 2.75) is 100.0 Å². The zero-order valence-electron chi connectivity index (χ0n) is 17.6. The Bertz CT molecular complexity index is 774. The molecule has 198 valence electrons. The zero-order valence-corrected chi connectivity index (χ0v) is 17.6. The molecule has 0 aromatic heterocycles. The van der Waals surface area contributed by atoms with Gasteiger partial charge in [-0.2, -0.15) is 52.7 Å². The molecule has 0 aliphatic rings. The maximum atomic E-state index is 14.1. The van der Waals surface area contributed by atoms with Gasteiger partial charge in [0.05, 0.1) is 0 Å². The smallest absolute Gasteiger partial charge is 0.200 e. The molecular weight excluding hydrogens is 504 g/mol. The fourth-order valence-electron chi connectivity index (χ4n) is 2.81. The Morgan fingerprint density at radius 2 is 1.06 bits per heavy atom. The van der Waals surface area contributed by atoms with Gasteiger partial charge in [0.2, 0.25) is 0 Å². The van der Waals surface area contributed by atoms with Gasteiger partial charge in [-0.3, -0.25) is 0 Å². The highest BCUT2D eigenvalue weighted by Gasteiger charge is 2.89. The normalized spacial score (nSPS) is 15.8. The molecule has 0 saturated heterocycles. The second-order valence-corrected chi connectivity index (χ2v) is 7.52. The van der Waals surface area contributed by atoms with Crippen LogP contribution in [0.4, 0.5) is 52.7 Å². The van der Waals surface area contributed by atoms with Crippen LogP contribution in [-0.2, 0) is 0 Å². The van der Waals surface area contributed by atoms with Gasteiger partial charge in [0.25, 0.3) is 0 Å². The van der Waals surface area contributed by atoms with Crippen LogP contribution in [0.3, 0.4) is 0 Å². The van der Waals surface area contributed by atoms with Gasteiger partial charge >= 0.3 is 35.5 Å². The number of unbranched alkanes of at least 4 members (excludes halogenated alkanes) is 2. The van der Waals surface area contributed by atoms with Crippen molar-refractivity contribution in [3.05, 3.63) is 20.9 Å². The molecule has 0 aliphatic carbocycles. The molecule has 0 spiro atoms. The number of nitrogens with zero attached hydrogens (tertiary/aromatic N) is 6. The van der Waals surface area contributed by atoms with Crippen LogP contribution in [0, 0.1) is 0 Å². The predicted octanol–water partition coefficient (Wildman–Crippen LogP) is 8.54. The summed E-state index contributed by atoms with van der Waals surface area (Å²) >= 11 is 0. The molecule has 18 heteroatoms. The summed E-state index contributed by atoms with van der Waals surface area (Å²) in [5.41, 5.74) is 16.4. The van der Waals surface area contributed by atoms with Crippen molar-refractivity contribution in [1.82, 2.24) is 0 Å². The maximum Gasteiger partial charge on any atom is 0.384 e.